The lowest BCUT2D eigenvalue weighted by Crippen LogP contribution is -1.89. The summed E-state index contributed by atoms with van der Waals surface area (Å²) in [4.78, 5) is 0. The lowest BCUT2D eigenvalue weighted by atomic mass is 10.0. The maximum Gasteiger partial charge on any atom is 0.0491 e. The van der Waals surface area contributed by atoms with Crippen molar-refractivity contribution in [2.75, 3.05) is 0 Å². The van der Waals surface area contributed by atoms with Gasteiger partial charge >= 0.3 is 0 Å². The van der Waals surface area contributed by atoms with Gasteiger partial charge in [0.2, 0.25) is 0 Å². The third kappa shape index (κ3) is 1.37. The Hall–Kier alpha value is -2.09. The molecule has 17 heavy (non-hydrogen) atoms. The van der Waals surface area contributed by atoms with Crippen LogP contribution < -0.4 is 0 Å². The van der Waals surface area contributed by atoms with Gasteiger partial charge in [-0.3, -0.25) is 0 Å². The van der Waals surface area contributed by atoms with Gasteiger partial charge < -0.3 is 9.98 Å². The van der Waals surface area contributed by atoms with Crippen LogP contribution in [0.3, 0.4) is 0 Å². The Morgan fingerprint density at radius 1 is 1.12 bits per heavy atom. The maximum absolute atomic E-state index is 7.89. The zero-order chi connectivity index (χ0) is 12.0. The molecule has 1 heterocycles. The van der Waals surface area contributed by atoms with Crippen molar-refractivity contribution in [1.29, 1.82) is 5.41 Å². The van der Waals surface area contributed by atoms with Gasteiger partial charge in [0.25, 0.3) is 0 Å². The van der Waals surface area contributed by atoms with Crippen LogP contribution in [0.25, 0.3) is 21.7 Å². The van der Waals surface area contributed by atoms with E-state index in [0.29, 0.717) is 5.71 Å². The van der Waals surface area contributed by atoms with Crippen LogP contribution in [0.2, 0.25) is 0 Å². The molecule has 1 aromatic heterocycles. The topological polar surface area (TPSA) is 28.8 Å². The molecule has 0 atom stereocenters. The first-order valence-electron chi connectivity index (χ1n) is 5.71. The largest absolute Gasteiger partial charge is 0.350 e. The highest BCUT2D eigenvalue weighted by molar-refractivity contribution is 6.18. The molecule has 0 aliphatic heterocycles. The Morgan fingerprint density at radius 2 is 1.88 bits per heavy atom. The molecule has 0 aliphatic rings. The van der Waals surface area contributed by atoms with Crippen molar-refractivity contribution in [3.63, 3.8) is 0 Å². The molecular weight excluding hydrogens is 208 g/mol. The molecule has 0 saturated carbocycles. The Morgan fingerprint density at radius 3 is 2.65 bits per heavy atom. The number of rotatable bonds is 1. The molecule has 1 N–H and O–H groups in total. The van der Waals surface area contributed by atoms with Crippen LogP contribution in [0, 0.1) is 5.41 Å². The molecule has 0 aliphatic carbocycles. The maximum atomic E-state index is 7.89. The van der Waals surface area contributed by atoms with E-state index in [1.807, 2.05) is 26.2 Å². The van der Waals surface area contributed by atoms with Gasteiger partial charge in [-0.1, -0.05) is 30.3 Å². The molecule has 0 bridgehead atoms. The molecule has 2 aromatic carbocycles. The molecule has 0 amide bonds. The summed E-state index contributed by atoms with van der Waals surface area (Å²) in [5.41, 5.74) is 2.83. The second kappa shape index (κ2) is 3.45. The molecule has 3 aromatic rings. The zero-order valence-corrected chi connectivity index (χ0v) is 9.99. The number of aromatic nitrogens is 1. The molecule has 0 fully saturated rings. The first kappa shape index (κ1) is 10.1. The lowest BCUT2D eigenvalue weighted by molar-refractivity contribution is 0.968. The van der Waals surface area contributed by atoms with Crippen molar-refractivity contribution in [3.8, 4) is 0 Å². The van der Waals surface area contributed by atoms with Crippen molar-refractivity contribution in [3.05, 3.63) is 48.2 Å². The summed E-state index contributed by atoms with van der Waals surface area (Å²) in [5.74, 6) is 0. The van der Waals surface area contributed by atoms with Gasteiger partial charge in [-0.15, -0.1) is 0 Å². The standard InChI is InChI=1S/C15H14N2/c1-10(16)13-9-17(2)14-8-7-11-5-3-4-6-12(11)15(13)14/h3-9,16H,1-2H3. The summed E-state index contributed by atoms with van der Waals surface area (Å²) in [7, 11) is 2.03. The van der Waals surface area contributed by atoms with Crippen molar-refractivity contribution in [2.24, 2.45) is 7.05 Å². The quantitative estimate of drug-likeness (QED) is 0.608. The minimum Gasteiger partial charge on any atom is -0.350 e. The number of fused-ring (bicyclic) bond motifs is 3. The van der Waals surface area contributed by atoms with Crippen LogP contribution in [0.5, 0.6) is 0 Å². The Kier molecular flexibility index (Phi) is 2.05. The SMILES string of the molecule is CC(=N)c1cn(C)c2ccc3ccccc3c12. The Labute approximate surface area is 100.0 Å². The van der Waals surface area contributed by atoms with Crippen LogP contribution in [0.1, 0.15) is 12.5 Å². The fourth-order valence-electron chi connectivity index (χ4n) is 2.45. The van der Waals surface area contributed by atoms with E-state index in [-0.39, 0.29) is 0 Å². The fraction of sp³-hybridized carbons (Fsp3) is 0.133. The number of hydrogen-bond acceptors (Lipinski definition) is 1. The minimum absolute atomic E-state index is 0.618. The van der Waals surface area contributed by atoms with Crippen LogP contribution in [0.15, 0.2) is 42.6 Å². The van der Waals surface area contributed by atoms with Crippen LogP contribution in [-0.4, -0.2) is 10.3 Å². The number of aryl methyl sites for hydroxylation is 1. The van der Waals surface area contributed by atoms with Crippen LogP contribution in [0.4, 0.5) is 0 Å². The lowest BCUT2D eigenvalue weighted by Gasteiger charge is -2.02. The summed E-state index contributed by atoms with van der Waals surface area (Å²) >= 11 is 0. The number of nitrogens with zero attached hydrogens (tertiary/aromatic N) is 1. The highest BCUT2D eigenvalue weighted by Gasteiger charge is 2.10. The molecule has 3 rings (SSSR count). The van der Waals surface area contributed by atoms with Crippen molar-refractivity contribution in [1.82, 2.24) is 4.57 Å². The minimum atomic E-state index is 0.618. The Balaban J connectivity index is 2.59. The first-order chi connectivity index (χ1) is 8.18. The van der Waals surface area contributed by atoms with E-state index in [9.17, 15) is 0 Å². The van der Waals surface area contributed by atoms with Gasteiger partial charge in [-0.25, -0.2) is 0 Å². The number of benzene rings is 2. The van der Waals surface area contributed by atoms with Crippen molar-refractivity contribution >= 4 is 27.4 Å². The monoisotopic (exact) mass is 222 g/mol. The van der Waals surface area contributed by atoms with E-state index in [1.54, 1.807) is 0 Å². The van der Waals surface area contributed by atoms with Gasteiger partial charge in [0.15, 0.2) is 0 Å². The second-order valence-electron chi connectivity index (χ2n) is 4.46. The normalized spacial score (nSPS) is 11.2. The van der Waals surface area contributed by atoms with Gasteiger partial charge in [0.1, 0.15) is 0 Å². The van der Waals surface area contributed by atoms with E-state index in [1.165, 1.54) is 21.7 Å². The predicted molar refractivity (Wildman–Crippen MR) is 72.9 cm³/mol. The molecule has 0 radical (unpaired) electrons. The predicted octanol–water partition coefficient (Wildman–Crippen LogP) is 3.72. The third-order valence-corrected chi connectivity index (χ3v) is 3.28. The first-order valence-corrected chi connectivity index (χ1v) is 5.71. The van der Waals surface area contributed by atoms with E-state index >= 15 is 0 Å². The van der Waals surface area contributed by atoms with Gasteiger partial charge in [-0.05, 0) is 23.8 Å². The summed E-state index contributed by atoms with van der Waals surface area (Å²) < 4.78 is 2.09. The molecular formula is C15H14N2. The number of nitrogens with one attached hydrogen (secondary N) is 1. The molecule has 0 unspecified atom stereocenters. The molecule has 2 nitrogen and oxygen atoms in total. The van der Waals surface area contributed by atoms with Crippen LogP contribution >= 0.6 is 0 Å². The average Bonchev–Trinajstić information content (AvgIpc) is 2.67. The van der Waals surface area contributed by atoms with E-state index in [2.05, 4.69) is 34.9 Å². The fourth-order valence-corrected chi connectivity index (χ4v) is 2.45. The summed E-state index contributed by atoms with van der Waals surface area (Å²) in [6.07, 6.45) is 2.04. The molecule has 84 valence electrons. The van der Waals surface area contributed by atoms with Gasteiger partial charge in [0, 0.05) is 35.4 Å². The van der Waals surface area contributed by atoms with E-state index in [4.69, 9.17) is 5.41 Å². The van der Waals surface area contributed by atoms with E-state index < -0.39 is 0 Å². The summed E-state index contributed by atoms with van der Waals surface area (Å²) in [6.45, 7) is 1.84. The number of hydrogen-bond donors (Lipinski definition) is 1. The summed E-state index contributed by atoms with van der Waals surface area (Å²) in [6, 6.07) is 12.6. The average molecular weight is 222 g/mol. The molecule has 0 spiro atoms. The summed E-state index contributed by atoms with van der Waals surface area (Å²) in [5, 5.41) is 11.5. The van der Waals surface area contributed by atoms with Gasteiger partial charge in [-0.2, -0.15) is 0 Å². The molecule has 0 saturated heterocycles. The van der Waals surface area contributed by atoms with Crippen molar-refractivity contribution in [2.45, 2.75) is 6.92 Å². The third-order valence-electron chi connectivity index (χ3n) is 3.28. The van der Waals surface area contributed by atoms with Crippen LogP contribution in [-0.2, 0) is 7.05 Å². The van der Waals surface area contributed by atoms with Crippen molar-refractivity contribution < 1.29 is 0 Å². The zero-order valence-electron chi connectivity index (χ0n) is 9.99. The highest BCUT2D eigenvalue weighted by Crippen LogP contribution is 2.29. The highest BCUT2D eigenvalue weighted by atomic mass is 14.9. The smallest absolute Gasteiger partial charge is 0.0491 e. The van der Waals surface area contributed by atoms with E-state index in [0.717, 1.165) is 5.56 Å². The second-order valence-corrected chi connectivity index (χ2v) is 4.46. The molecule has 2 heteroatoms. The Bertz CT molecular complexity index is 735. The van der Waals surface area contributed by atoms with Gasteiger partial charge in [0.05, 0.1) is 0 Å².